The van der Waals surface area contributed by atoms with Gasteiger partial charge >= 0.3 is 5.97 Å². The Morgan fingerprint density at radius 2 is 2.06 bits per heavy atom. The average molecular weight is 499 g/mol. The zero-order chi connectivity index (χ0) is 22.9. The van der Waals surface area contributed by atoms with Crippen LogP contribution in [0, 0.1) is 5.92 Å². The molecule has 1 aliphatic carbocycles. The topological polar surface area (TPSA) is 97.2 Å². The molecule has 8 nitrogen and oxygen atoms in total. The number of quaternary nitrogens is 1. The lowest BCUT2D eigenvalue weighted by Crippen LogP contribution is -3.15. The molecule has 1 fully saturated rings. The highest BCUT2D eigenvalue weighted by atomic mass is 32.2. The Labute approximate surface area is 196 Å². The van der Waals surface area contributed by atoms with E-state index < -0.39 is 16.0 Å². The predicted molar refractivity (Wildman–Crippen MR) is 124 cm³/mol. The number of anilines is 1. The van der Waals surface area contributed by atoms with Gasteiger partial charge < -0.3 is 15.0 Å². The molecule has 3 heterocycles. The molecule has 174 valence electrons. The van der Waals surface area contributed by atoms with Crippen molar-refractivity contribution >= 4 is 49.6 Å². The van der Waals surface area contributed by atoms with Crippen molar-refractivity contribution in [3.05, 3.63) is 33.5 Å². The number of amides is 1. The molecule has 0 saturated carbocycles. The van der Waals surface area contributed by atoms with Gasteiger partial charge in [-0.2, -0.15) is 4.31 Å². The summed E-state index contributed by atoms with van der Waals surface area (Å²) in [4.78, 5) is 27.4. The molecule has 2 N–H and O–H groups in total. The Bertz CT molecular complexity index is 1090. The predicted octanol–water partition coefficient (Wildman–Crippen LogP) is 1.25. The van der Waals surface area contributed by atoms with Crippen molar-refractivity contribution in [3.63, 3.8) is 0 Å². The van der Waals surface area contributed by atoms with E-state index in [2.05, 4.69) is 12.2 Å². The summed E-state index contributed by atoms with van der Waals surface area (Å²) < 4.78 is 32.2. The first kappa shape index (κ1) is 23.4. The van der Waals surface area contributed by atoms with E-state index in [-0.39, 0.29) is 12.5 Å². The molecule has 4 rings (SSSR count). The number of carbonyl (C=O) groups excluding carboxylic acids is 2. The number of methoxy groups -OCH3 is 1. The van der Waals surface area contributed by atoms with Crippen LogP contribution in [0.1, 0.15) is 34.1 Å². The van der Waals surface area contributed by atoms with Crippen LogP contribution in [0.15, 0.2) is 21.7 Å². The van der Waals surface area contributed by atoms with E-state index in [9.17, 15) is 18.0 Å². The molecule has 32 heavy (non-hydrogen) atoms. The van der Waals surface area contributed by atoms with Crippen LogP contribution in [0.5, 0.6) is 0 Å². The Morgan fingerprint density at radius 3 is 2.72 bits per heavy atom. The summed E-state index contributed by atoms with van der Waals surface area (Å²) in [6.45, 7) is 4.29. The number of piperazine rings is 1. The molecular weight excluding hydrogens is 470 g/mol. The van der Waals surface area contributed by atoms with Gasteiger partial charge in [0.05, 0.1) is 38.9 Å². The molecule has 2 aromatic heterocycles. The molecule has 1 saturated heterocycles. The number of thiophene rings is 2. The molecule has 0 bridgehead atoms. The lowest BCUT2D eigenvalue weighted by Gasteiger charge is -2.30. The number of hydrogen-bond donors (Lipinski definition) is 2. The number of nitrogens with one attached hydrogen (secondary N) is 2. The van der Waals surface area contributed by atoms with E-state index in [1.54, 1.807) is 17.5 Å². The largest absolute Gasteiger partial charge is 0.465 e. The van der Waals surface area contributed by atoms with Crippen LogP contribution in [0.3, 0.4) is 0 Å². The first-order valence-corrected chi connectivity index (χ1v) is 13.8. The van der Waals surface area contributed by atoms with Gasteiger partial charge in [0.2, 0.25) is 0 Å². The number of esters is 1. The van der Waals surface area contributed by atoms with Gasteiger partial charge in [-0.1, -0.05) is 13.0 Å². The molecule has 1 amide bonds. The maximum Gasteiger partial charge on any atom is 0.341 e. The lowest BCUT2D eigenvalue weighted by atomic mass is 9.88. The fourth-order valence-corrected chi connectivity index (χ4v) is 8.31. The molecular formula is C21H28N3O5S3+. The van der Waals surface area contributed by atoms with E-state index in [0.29, 0.717) is 46.9 Å². The zero-order valence-corrected chi connectivity index (χ0v) is 20.6. The third-order valence-corrected chi connectivity index (χ3v) is 10.5. The summed E-state index contributed by atoms with van der Waals surface area (Å²) >= 11 is 2.69. The third-order valence-electron chi connectivity index (χ3n) is 6.08. The van der Waals surface area contributed by atoms with Gasteiger partial charge in [0.15, 0.2) is 6.54 Å². The van der Waals surface area contributed by atoms with Crippen LogP contribution in [0.4, 0.5) is 5.00 Å². The normalized spacial score (nSPS) is 20.0. The van der Waals surface area contributed by atoms with Gasteiger partial charge in [-0.05, 0) is 42.2 Å². The molecule has 1 aliphatic heterocycles. The summed E-state index contributed by atoms with van der Waals surface area (Å²) in [7, 11) is -2.10. The fraction of sp³-hybridized carbons (Fsp3) is 0.524. The highest BCUT2D eigenvalue weighted by Gasteiger charge is 2.33. The smallest absolute Gasteiger partial charge is 0.341 e. The average Bonchev–Trinajstić information content (AvgIpc) is 3.41. The molecule has 11 heteroatoms. The number of fused-ring (bicyclic) bond motifs is 1. The number of rotatable bonds is 6. The Balaban J connectivity index is 1.38. The second kappa shape index (κ2) is 9.60. The quantitative estimate of drug-likeness (QED) is 0.585. The number of hydrogen-bond acceptors (Lipinski definition) is 7. The van der Waals surface area contributed by atoms with Gasteiger partial charge in [0.25, 0.3) is 15.9 Å². The Morgan fingerprint density at radius 1 is 1.31 bits per heavy atom. The van der Waals surface area contributed by atoms with E-state index in [1.165, 1.54) is 34.1 Å². The lowest BCUT2D eigenvalue weighted by molar-refractivity contribution is -0.895. The van der Waals surface area contributed by atoms with Crippen LogP contribution in [0.2, 0.25) is 0 Å². The summed E-state index contributed by atoms with van der Waals surface area (Å²) in [6.07, 6.45) is 2.74. The van der Waals surface area contributed by atoms with Crippen molar-refractivity contribution in [3.8, 4) is 0 Å². The van der Waals surface area contributed by atoms with Crippen molar-refractivity contribution in [2.24, 2.45) is 5.92 Å². The van der Waals surface area contributed by atoms with Crippen molar-refractivity contribution in [1.82, 2.24) is 4.31 Å². The number of carbonyl (C=O) groups is 2. The summed E-state index contributed by atoms with van der Waals surface area (Å²) in [5.41, 5.74) is 1.50. The Kier molecular flexibility index (Phi) is 7.01. The van der Waals surface area contributed by atoms with Gasteiger partial charge in [-0.15, -0.1) is 22.7 Å². The molecule has 2 aromatic rings. The van der Waals surface area contributed by atoms with Gasteiger partial charge in [-0.25, -0.2) is 13.2 Å². The van der Waals surface area contributed by atoms with E-state index in [4.69, 9.17) is 4.74 Å². The van der Waals surface area contributed by atoms with Gasteiger partial charge in [-0.3, -0.25) is 4.79 Å². The molecule has 0 radical (unpaired) electrons. The standard InChI is InChI=1S/C21H27N3O5S3/c1-14-5-6-15-16(12-14)31-20(19(15)21(26)29-2)22-17(25)13-23-7-9-24(10-8-23)32(27,28)18-4-3-11-30-18/h3-4,11,14H,5-10,12-13H2,1-2H3,(H,22,25)/p+1/t14-/m1/s1. The van der Waals surface area contributed by atoms with Crippen molar-refractivity contribution < 1.29 is 27.6 Å². The summed E-state index contributed by atoms with van der Waals surface area (Å²) in [5, 5.41) is 5.26. The van der Waals surface area contributed by atoms with E-state index in [1.807, 2.05) is 0 Å². The number of sulfonamides is 1. The molecule has 0 spiro atoms. The van der Waals surface area contributed by atoms with Gasteiger partial charge in [0.1, 0.15) is 9.21 Å². The maximum atomic E-state index is 12.8. The molecule has 2 aliphatic rings. The maximum absolute atomic E-state index is 12.8. The van der Waals surface area contributed by atoms with Crippen molar-refractivity contribution in [1.29, 1.82) is 0 Å². The fourth-order valence-electron chi connectivity index (χ4n) is 4.31. The molecule has 0 unspecified atom stereocenters. The number of nitrogens with zero attached hydrogens (tertiary/aromatic N) is 1. The van der Waals surface area contributed by atoms with Crippen molar-refractivity contribution in [2.45, 2.75) is 30.4 Å². The SMILES string of the molecule is COC(=O)c1c(NC(=O)C[NH+]2CCN(S(=O)(=O)c3cccs3)CC2)sc2c1CC[C@@H](C)C2. The molecule has 0 aromatic carbocycles. The van der Waals surface area contributed by atoms with Crippen LogP contribution in [0.25, 0.3) is 0 Å². The monoisotopic (exact) mass is 498 g/mol. The molecule has 1 atom stereocenters. The Hall–Kier alpha value is -1.79. The van der Waals surface area contributed by atoms with Crippen LogP contribution in [-0.2, 0) is 32.4 Å². The first-order valence-electron chi connectivity index (χ1n) is 10.7. The zero-order valence-electron chi connectivity index (χ0n) is 18.2. The second-order valence-electron chi connectivity index (χ2n) is 8.36. The summed E-state index contributed by atoms with van der Waals surface area (Å²) in [5.74, 6) is -0.0279. The van der Waals surface area contributed by atoms with Crippen molar-refractivity contribution in [2.75, 3.05) is 45.2 Å². The third kappa shape index (κ3) is 4.76. The number of ether oxygens (including phenoxy) is 1. The highest BCUT2D eigenvalue weighted by molar-refractivity contribution is 7.91. The van der Waals surface area contributed by atoms with Crippen LogP contribution < -0.4 is 10.2 Å². The minimum absolute atomic E-state index is 0.175. The van der Waals surface area contributed by atoms with E-state index >= 15 is 0 Å². The highest BCUT2D eigenvalue weighted by Crippen LogP contribution is 2.40. The van der Waals surface area contributed by atoms with E-state index in [0.717, 1.165) is 34.6 Å². The van der Waals surface area contributed by atoms with Gasteiger partial charge in [0, 0.05) is 4.88 Å². The van der Waals surface area contributed by atoms with Crippen LogP contribution >= 0.6 is 22.7 Å². The first-order chi connectivity index (χ1) is 15.3. The van der Waals surface area contributed by atoms with Crippen LogP contribution in [-0.4, -0.2) is 64.4 Å². The minimum atomic E-state index is -3.46. The minimum Gasteiger partial charge on any atom is -0.465 e. The second-order valence-corrected chi connectivity index (χ2v) is 12.6. The summed E-state index contributed by atoms with van der Waals surface area (Å²) in [6, 6.07) is 3.35.